The Hall–Kier alpha value is -2.78. The molecular formula is C22H29FN6O2. The van der Waals surface area contributed by atoms with E-state index in [0.29, 0.717) is 24.6 Å². The molecule has 3 N–H and O–H groups in total. The van der Waals surface area contributed by atoms with Crippen molar-refractivity contribution in [3.63, 3.8) is 0 Å². The van der Waals surface area contributed by atoms with Crippen LogP contribution in [0, 0.1) is 0 Å². The number of hydrogen-bond donors (Lipinski definition) is 3. The molecule has 0 amide bonds. The van der Waals surface area contributed by atoms with Gasteiger partial charge in [-0.1, -0.05) is 6.07 Å². The fourth-order valence-electron chi connectivity index (χ4n) is 3.65. The lowest BCUT2D eigenvalue weighted by atomic mass is 10.1. The van der Waals surface area contributed by atoms with Crippen LogP contribution < -0.4 is 15.4 Å². The zero-order valence-electron chi connectivity index (χ0n) is 17.9. The van der Waals surface area contributed by atoms with Crippen molar-refractivity contribution in [1.29, 1.82) is 0 Å². The summed E-state index contributed by atoms with van der Waals surface area (Å²) in [5.41, 5.74) is 4.03. The molecule has 166 valence electrons. The number of pyridine rings is 1. The molecule has 0 spiro atoms. The first-order valence-electron chi connectivity index (χ1n) is 10.7. The normalized spacial score (nSPS) is 16.6. The minimum absolute atomic E-state index is 0.0577. The molecule has 0 atom stereocenters. The van der Waals surface area contributed by atoms with Crippen molar-refractivity contribution >= 4 is 11.5 Å². The van der Waals surface area contributed by atoms with Gasteiger partial charge in [-0.05, 0) is 44.8 Å². The first-order chi connectivity index (χ1) is 15.1. The summed E-state index contributed by atoms with van der Waals surface area (Å²) in [6.45, 7) is 1.67. The Morgan fingerprint density at radius 3 is 2.61 bits per heavy atom. The SMILES string of the molecule is CNc1nc(-c2cnc3cc(OC)c(C4CC4)nn23)ccc1CO.FC1CCNCC1. The predicted octanol–water partition coefficient (Wildman–Crippen LogP) is 2.92. The largest absolute Gasteiger partial charge is 0.495 e. The minimum Gasteiger partial charge on any atom is -0.495 e. The topological polar surface area (TPSA) is 96.6 Å². The molecular weight excluding hydrogens is 399 g/mol. The molecule has 9 heteroatoms. The van der Waals surface area contributed by atoms with E-state index in [9.17, 15) is 9.50 Å². The van der Waals surface area contributed by atoms with E-state index in [1.807, 2.05) is 22.7 Å². The molecule has 4 heterocycles. The fraction of sp³-hybridized carbons (Fsp3) is 0.500. The van der Waals surface area contributed by atoms with Crippen molar-refractivity contribution < 1.29 is 14.2 Å². The summed E-state index contributed by atoms with van der Waals surface area (Å²) in [5.74, 6) is 1.92. The number of piperidine rings is 1. The number of aliphatic hydroxyl groups is 1. The van der Waals surface area contributed by atoms with Crippen LogP contribution in [0.3, 0.4) is 0 Å². The standard InChI is InChI=1S/C17H19N5O2.C5H10FN/c1-18-17-11(9-23)5-6-12(20-17)13-8-19-15-7-14(24-2)16(10-3-4-10)21-22(13)15;6-5-1-3-7-4-2-5/h5-8,10,23H,3-4,9H2,1-2H3,(H,18,20);5,7H,1-4H2. The summed E-state index contributed by atoms with van der Waals surface area (Å²) < 4.78 is 19.4. The lowest BCUT2D eigenvalue weighted by Crippen LogP contribution is -2.28. The van der Waals surface area contributed by atoms with E-state index in [-0.39, 0.29) is 6.61 Å². The van der Waals surface area contributed by atoms with Crippen LogP contribution >= 0.6 is 0 Å². The lowest BCUT2D eigenvalue weighted by molar-refractivity contribution is 0.262. The highest BCUT2D eigenvalue weighted by Crippen LogP contribution is 2.43. The Morgan fingerprint density at radius 1 is 1.26 bits per heavy atom. The molecule has 1 aliphatic heterocycles. The van der Waals surface area contributed by atoms with Crippen LogP contribution in [0.15, 0.2) is 24.4 Å². The number of imidazole rings is 1. The van der Waals surface area contributed by atoms with Crippen molar-refractivity contribution in [1.82, 2.24) is 24.9 Å². The van der Waals surface area contributed by atoms with Crippen molar-refractivity contribution in [2.45, 2.75) is 44.4 Å². The van der Waals surface area contributed by atoms with Gasteiger partial charge >= 0.3 is 0 Å². The third-order valence-corrected chi connectivity index (χ3v) is 5.59. The maximum Gasteiger partial charge on any atom is 0.157 e. The van der Waals surface area contributed by atoms with Crippen LogP contribution in [-0.4, -0.2) is 58.1 Å². The molecule has 31 heavy (non-hydrogen) atoms. The van der Waals surface area contributed by atoms with Crippen molar-refractivity contribution in [2.75, 3.05) is 32.6 Å². The number of anilines is 1. The molecule has 0 aromatic carbocycles. The molecule has 0 bridgehead atoms. The summed E-state index contributed by atoms with van der Waals surface area (Å²) in [6, 6.07) is 5.66. The average molecular weight is 429 g/mol. The van der Waals surface area contributed by atoms with Crippen LogP contribution in [0.4, 0.5) is 10.2 Å². The maximum atomic E-state index is 12.1. The average Bonchev–Trinajstić information content (AvgIpc) is 3.58. The van der Waals surface area contributed by atoms with E-state index in [0.717, 1.165) is 60.0 Å². The highest BCUT2D eigenvalue weighted by molar-refractivity contribution is 5.63. The van der Waals surface area contributed by atoms with Gasteiger partial charge in [-0.15, -0.1) is 0 Å². The van der Waals surface area contributed by atoms with Gasteiger partial charge in [0.05, 0.1) is 25.6 Å². The fourth-order valence-corrected chi connectivity index (χ4v) is 3.65. The maximum absolute atomic E-state index is 12.1. The molecule has 2 aliphatic rings. The number of fused-ring (bicyclic) bond motifs is 1. The highest BCUT2D eigenvalue weighted by Gasteiger charge is 2.29. The Labute approximate surface area is 180 Å². The second-order valence-corrected chi connectivity index (χ2v) is 7.82. The number of nitrogens with zero attached hydrogens (tertiary/aromatic N) is 4. The van der Waals surface area contributed by atoms with Crippen molar-refractivity contribution in [3.8, 4) is 17.1 Å². The summed E-state index contributed by atoms with van der Waals surface area (Å²) in [4.78, 5) is 9.02. The highest BCUT2D eigenvalue weighted by atomic mass is 19.1. The van der Waals surface area contributed by atoms with Gasteiger partial charge in [0, 0.05) is 24.6 Å². The van der Waals surface area contributed by atoms with Gasteiger partial charge in [0.2, 0.25) is 0 Å². The Bertz CT molecular complexity index is 1030. The van der Waals surface area contributed by atoms with Crippen LogP contribution in [0.1, 0.15) is 42.9 Å². The minimum atomic E-state index is -0.527. The summed E-state index contributed by atoms with van der Waals surface area (Å²) >= 11 is 0. The number of aliphatic hydroxyl groups excluding tert-OH is 1. The number of rotatable bonds is 5. The first-order valence-corrected chi connectivity index (χ1v) is 10.7. The van der Waals surface area contributed by atoms with Gasteiger partial charge in [-0.2, -0.15) is 5.10 Å². The second kappa shape index (κ2) is 9.57. The molecule has 1 saturated heterocycles. The van der Waals surface area contributed by atoms with Gasteiger partial charge in [0.1, 0.15) is 29.1 Å². The van der Waals surface area contributed by atoms with Gasteiger partial charge < -0.3 is 20.5 Å². The smallest absolute Gasteiger partial charge is 0.157 e. The number of ether oxygens (including phenoxy) is 1. The van der Waals surface area contributed by atoms with E-state index in [1.54, 1.807) is 20.4 Å². The summed E-state index contributed by atoms with van der Waals surface area (Å²) in [5, 5.41) is 20.2. The van der Waals surface area contributed by atoms with Crippen LogP contribution in [0.2, 0.25) is 0 Å². The quantitative estimate of drug-likeness (QED) is 0.575. The predicted molar refractivity (Wildman–Crippen MR) is 117 cm³/mol. The summed E-state index contributed by atoms with van der Waals surface area (Å²) in [7, 11) is 3.45. The number of hydrogen-bond acceptors (Lipinski definition) is 7. The monoisotopic (exact) mass is 428 g/mol. The van der Waals surface area contributed by atoms with Gasteiger partial charge in [-0.25, -0.2) is 18.9 Å². The van der Waals surface area contributed by atoms with Crippen LogP contribution in [0.25, 0.3) is 17.0 Å². The number of nitrogens with one attached hydrogen (secondary N) is 2. The van der Waals surface area contributed by atoms with E-state index in [2.05, 4.69) is 20.6 Å². The summed E-state index contributed by atoms with van der Waals surface area (Å²) in [6.07, 6.45) is 4.94. The zero-order chi connectivity index (χ0) is 21.8. The first kappa shape index (κ1) is 21.5. The third-order valence-electron chi connectivity index (χ3n) is 5.59. The number of halogens is 1. The van der Waals surface area contributed by atoms with E-state index in [4.69, 9.17) is 9.84 Å². The van der Waals surface area contributed by atoms with Crippen LogP contribution in [0.5, 0.6) is 5.75 Å². The molecule has 3 aromatic rings. The molecule has 8 nitrogen and oxygen atoms in total. The number of aromatic nitrogens is 4. The van der Waals surface area contributed by atoms with E-state index < -0.39 is 6.17 Å². The molecule has 1 saturated carbocycles. The molecule has 1 aliphatic carbocycles. The van der Waals surface area contributed by atoms with Crippen molar-refractivity contribution in [2.24, 2.45) is 0 Å². The number of alkyl halides is 1. The van der Waals surface area contributed by atoms with E-state index in [1.165, 1.54) is 0 Å². The van der Waals surface area contributed by atoms with Gasteiger partial charge in [0.15, 0.2) is 5.65 Å². The molecule has 2 fully saturated rings. The molecule has 0 unspecified atom stereocenters. The Morgan fingerprint density at radius 2 is 2.03 bits per heavy atom. The number of methoxy groups -OCH3 is 1. The Balaban J connectivity index is 0.000000282. The lowest BCUT2D eigenvalue weighted by Gasteiger charge is -2.14. The molecule has 5 rings (SSSR count). The zero-order valence-corrected chi connectivity index (χ0v) is 17.9. The van der Waals surface area contributed by atoms with E-state index >= 15 is 0 Å². The third kappa shape index (κ3) is 4.77. The second-order valence-electron chi connectivity index (χ2n) is 7.82. The molecule has 3 aromatic heterocycles. The Kier molecular flexibility index (Phi) is 6.62. The van der Waals surface area contributed by atoms with Gasteiger partial charge in [-0.3, -0.25) is 0 Å². The van der Waals surface area contributed by atoms with Crippen LogP contribution in [-0.2, 0) is 6.61 Å². The molecule has 0 radical (unpaired) electrons. The van der Waals surface area contributed by atoms with Crippen molar-refractivity contribution in [3.05, 3.63) is 35.7 Å². The van der Waals surface area contributed by atoms with Gasteiger partial charge in [0.25, 0.3) is 0 Å².